The number of aryl methyl sites for hydroxylation is 1. The van der Waals surface area contributed by atoms with Gasteiger partial charge in [0, 0.05) is 31.2 Å². The number of rotatable bonds is 7. The number of carbonyl (C=O) groups excluding carboxylic acids is 2. The summed E-state index contributed by atoms with van der Waals surface area (Å²) in [5.41, 5.74) is 2.64. The van der Waals surface area contributed by atoms with Crippen LogP contribution in [0.4, 0.5) is 5.69 Å². The molecule has 0 atom stereocenters. The summed E-state index contributed by atoms with van der Waals surface area (Å²) >= 11 is 1.41. The summed E-state index contributed by atoms with van der Waals surface area (Å²) in [5, 5.41) is 12.7. The third-order valence-electron chi connectivity index (χ3n) is 5.65. The summed E-state index contributed by atoms with van der Waals surface area (Å²) in [4.78, 5) is 31.8. The van der Waals surface area contributed by atoms with E-state index in [1.807, 2.05) is 64.1 Å². The van der Waals surface area contributed by atoms with Gasteiger partial charge in [-0.2, -0.15) is 5.26 Å². The van der Waals surface area contributed by atoms with E-state index >= 15 is 0 Å². The predicted molar refractivity (Wildman–Crippen MR) is 125 cm³/mol. The first kappa shape index (κ1) is 21.9. The second-order valence-corrected chi connectivity index (χ2v) is 8.68. The van der Waals surface area contributed by atoms with Crippen molar-refractivity contribution in [3.63, 3.8) is 0 Å². The molecule has 1 saturated heterocycles. The molecule has 4 rings (SSSR count). The first-order valence-electron chi connectivity index (χ1n) is 10.7. The first-order chi connectivity index (χ1) is 15.7. The quantitative estimate of drug-likeness (QED) is 0.555. The molecule has 0 aliphatic carbocycles. The van der Waals surface area contributed by atoms with E-state index in [0.29, 0.717) is 38.9 Å². The number of fused-ring (bicyclic) bond motifs is 1. The molecule has 1 aromatic heterocycles. The van der Waals surface area contributed by atoms with Crippen LogP contribution in [0.5, 0.6) is 0 Å². The van der Waals surface area contributed by atoms with Gasteiger partial charge < -0.3 is 14.8 Å². The summed E-state index contributed by atoms with van der Waals surface area (Å²) in [6, 6.07) is 19.4. The fraction of sp³-hybridized carbons (Fsp3) is 0.333. The number of hydrogen-bond donors (Lipinski definition) is 1. The van der Waals surface area contributed by atoms with Crippen LogP contribution in [0, 0.1) is 17.2 Å². The molecule has 2 heterocycles. The number of piperidine rings is 1. The number of amides is 2. The van der Waals surface area contributed by atoms with Crippen molar-refractivity contribution < 1.29 is 9.59 Å². The van der Waals surface area contributed by atoms with Gasteiger partial charge in [-0.25, -0.2) is 4.98 Å². The number of anilines is 1. The minimum atomic E-state index is -0.0814. The van der Waals surface area contributed by atoms with Crippen molar-refractivity contribution in [2.75, 3.05) is 24.2 Å². The minimum absolute atomic E-state index is 0.0175. The predicted octanol–water partition coefficient (Wildman–Crippen LogP) is 3.92. The van der Waals surface area contributed by atoms with Crippen molar-refractivity contribution in [2.45, 2.75) is 31.0 Å². The van der Waals surface area contributed by atoms with Gasteiger partial charge in [-0.1, -0.05) is 42.1 Å². The Kier molecular flexibility index (Phi) is 7.07. The molecule has 0 unspecified atom stereocenters. The Hall–Kier alpha value is -3.31. The van der Waals surface area contributed by atoms with E-state index in [1.165, 1.54) is 11.8 Å². The van der Waals surface area contributed by atoms with Crippen LogP contribution >= 0.6 is 11.8 Å². The highest BCUT2D eigenvalue weighted by molar-refractivity contribution is 7.99. The molecule has 0 radical (unpaired) electrons. The Morgan fingerprint density at radius 1 is 1.09 bits per heavy atom. The molecule has 1 aliphatic rings. The Morgan fingerprint density at radius 2 is 1.81 bits per heavy atom. The Bertz CT molecular complexity index is 1130. The van der Waals surface area contributed by atoms with Crippen molar-refractivity contribution in [2.24, 2.45) is 5.92 Å². The molecule has 1 N–H and O–H groups in total. The van der Waals surface area contributed by atoms with E-state index in [1.54, 1.807) is 0 Å². The van der Waals surface area contributed by atoms with Gasteiger partial charge in [-0.05, 0) is 37.1 Å². The highest BCUT2D eigenvalue weighted by Gasteiger charge is 2.27. The average molecular weight is 448 g/mol. The van der Waals surface area contributed by atoms with Crippen LogP contribution in [0.15, 0.2) is 59.8 Å². The van der Waals surface area contributed by atoms with Gasteiger partial charge in [-0.3, -0.25) is 9.59 Å². The maximum absolute atomic E-state index is 12.8. The maximum atomic E-state index is 12.8. The molecule has 8 heteroatoms. The number of aromatic nitrogens is 2. The lowest BCUT2D eigenvalue weighted by Gasteiger charge is -2.31. The zero-order chi connectivity index (χ0) is 22.3. The van der Waals surface area contributed by atoms with Gasteiger partial charge in [0.15, 0.2) is 5.16 Å². The molecule has 7 nitrogen and oxygen atoms in total. The Labute approximate surface area is 191 Å². The molecule has 0 bridgehead atoms. The van der Waals surface area contributed by atoms with E-state index in [0.717, 1.165) is 21.9 Å². The van der Waals surface area contributed by atoms with Crippen LogP contribution in [-0.2, 0) is 16.1 Å². The number of para-hydroxylation sites is 3. The van der Waals surface area contributed by atoms with Gasteiger partial charge in [0.05, 0.1) is 29.3 Å². The molecule has 164 valence electrons. The average Bonchev–Trinajstić information content (AvgIpc) is 3.19. The molecule has 1 aliphatic heterocycles. The van der Waals surface area contributed by atoms with Crippen molar-refractivity contribution in [3.8, 4) is 6.07 Å². The third kappa shape index (κ3) is 5.11. The van der Waals surface area contributed by atoms with Gasteiger partial charge in [-0.15, -0.1) is 0 Å². The van der Waals surface area contributed by atoms with Crippen molar-refractivity contribution in [1.29, 1.82) is 5.26 Å². The lowest BCUT2D eigenvalue weighted by atomic mass is 9.96. The van der Waals surface area contributed by atoms with Crippen LogP contribution in [-0.4, -0.2) is 45.1 Å². The fourth-order valence-corrected chi connectivity index (χ4v) is 4.86. The molecule has 0 saturated carbocycles. The van der Waals surface area contributed by atoms with Crippen LogP contribution < -0.4 is 5.32 Å². The van der Waals surface area contributed by atoms with Crippen LogP contribution in [0.2, 0.25) is 0 Å². The normalized spacial score (nSPS) is 14.3. The summed E-state index contributed by atoms with van der Waals surface area (Å²) < 4.78 is 2.01. The monoisotopic (exact) mass is 447 g/mol. The van der Waals surface area contributed by atoms with Crippen LogP contribution in [0.1, 0.15) is 19.3 Å². The molecular weight excluding hydrogens is 422 g/mol. The highest BCUT2D eigenvalue weighted by atomic mass is 32.2. The van der Waals surface area contributed by atoms with Crippen LogP contribution in [0.25, 0.3) is 11.0 Å². The summed E-state index contributed by atoms with van der Waals surface area (Å²) in [6.45, 7) is 1.71. The standard InChI is InChI=1S/C24H25N5O2S/c25-13-6-14-29-21-10-5-4-9-20(21)27-24(29)32-17-22(30)28-15-11-18(12-16-28)23(31)26-19-7-2-1-3-8-19/h1-5,7-10,18H,6,11-12,14-17H2,(H,26,31). The zero-order valence-corrected chi connectivity index (χ0v) is 18.6. The van der Waals surface area contributed by atoms with E-state index in [9.17, 15) is 9.59 Å². The van der Waals surface area contributed by atoms with Gasteiger partial charge in [0.2, 0.25) is 11.8 Å². The second-order valence-electron chi connectivity index (χ2n) is 7.74. The first-order valence-corrected chi connectivity index (χ1v) is 11.7. The number of benzene rings is 2. The number of imidazole rings is 1. The minimum Gasteiger partial charge on any atom is -0.342 e. The van der Waals surface area contributed by atoms with E-state index in [4.69, 9.17) is 5.26 Å². The lowest BCUT2D eigenvalue weighted by molar-refractivity contribution is -0.132. The number of likely N-dealkylation sites (tertiary alicyclic amines) is 1. The SMILES string of the molecule is N#CCCn1c(SCC(=O)N2CCC(C(=O)Nc3ccccc3)CC2)nc2ccccc21. The van der Waals surface area contributed by atoms with E-state index in [2.05, 4.69) is 16.4 Å². The molecule has 2 aromatic carbocycles. The third-order valence-corrected chi connectivity index (χ3v) is 6.61. The molecular formula is C24H25N5O2S. The summed E-state index contributed by atoms with van der Waals surface area (Å²) in [5.74, 6) is 0.276. The second kappa shape index (κ2) is 10.3. The summed E-state index contributed by atoms with van der Waals surface area (Å²) in [6.07, 6.45) is 1.71. The molecule has 1 fully saturated rings. The number of carbonyl (C=O) groups is 2. The van der Waals surface area contributed by atoms with Crippen molar-refractivity contribution in [3.05, 3.63) is 54.6 Å². The number of hydrogen-bond acceptors (Lipinski definition) is 5. The van der Waals surface area contributed by atoms with Gasteiger partial charge in [0.25, 0.3) is 0 Å². The molecule has 0 spiro atoms. The molecule has 2 amide bonds. The number of nitriles is 1. The van der Waals surface area contributed by atoms with Gasteiger partial charge in [0.1, 0.15) is 0 Å². The zero-order valence-electron chi connectivity index (χ0n) is 17.7. The Balaban J connectivity index is 1.31. The van der Waals surface area contributed by atoms with E-state index < -0.39 is 0 Å². The topological polar surface area (TPSA) is 91.0 Å². The number of nitrogens with one attached hydrogen (secondary N) is 1. The fourth-order valence-electron chi connectivity index (χ4n) is 3.92. The molecule has 3 aromatic rings. The van der Waals surface area contributed by atoms with Gasteiger partial charge >= 0.3 is 0 Å². The van der Waals surface area contributed by atoms with Crippen molar-refractivity contribution >= 4 is 40.3 Å². The maximum Gasteiger partial charge on any atom is 0.233 e. The Morgan fingerprint density at radius 3 is 2.56 bits per heavy atom. The largest absolute Gasteiger partial charge is 0.342 e. The highest BCUT2D eigenvalue weighted by Crippen LogP contribution is 2.26. The van der Waals surface area contributed by atoms with E-state index in [-0.39, 0.29) is 23.5 Å². The number of nitrogens with zero attached hydrogens (tertiary/aromatic N) is 4. The smallest absolute Gasteiger partial charge is 0.233 e. The summed E-state index contributed by atoms with van der Waals surface area (Å²) in [7, 11) is 0. The molecule has 32 heavy (non-hydrogen) atoms. The van der Waals surface area contributed by atoms with Crippen LogP contribution in [0.3, 0.4) is 0 Å². The van der Waals surface area contributed by atoms with Crippen molar-refractivity contribution in [1.82, 2.24) is 14.5 Å². The number of thioether (sulfide) groups is 1. The lowest BCUT2D eigenvalue weighted by Crippen LogP contribution is -2.42.